The number of fused-ring (bicyclic) bond motifs is 1. The lowest BCUT2D eigenvalue weighted by Gasteiger charge is -2.09. The molecule has 1 fully saturated rings. The van der Waals surface area contributed by atoms with Gasteiger partial charge in [0.05, 0.1) is 0 Å². The van der Waals surface area contributed by atoms with Crippen molar-refractivity contribution in [2.45, 2.75) is 24.9 Å². The summed E-state index contributed by atoms with van der Waals surface area (Å²) in [5.41, 5.74) is 9.05. The molecule has 2 aliphatic rings. The molecule has 15 heavy (non-hydrogen) atoms. The van der Waals surface area contributed by atoms with Crippen molar-refractivity contribution in [1.82, 2.24) is 4.90 Å². The average molecular weight is 202 g/mol. The van der Waals surface area contributed by atoms with Crippen LogP contribution in [0.4, 0.5) is 0 Å². The van der Waals surface area contributed by atoms with E-state index in [1.54, 1.807) is 4.90 Å². The molecule has 0 spiro atoms. The lowest BCUT2D eigenvalue weighted by Crippen LogP contribution is -2.20. The van der Waals surface area contributed by atoms with Crippen LogP contribution in [0.2, 0.25) is 0 Å². The Balaban J connectivity index is 2.08. The highest BCUT2D eigenvalue weighted by Gasteiger charge is 2.41. The minimum Gasteiger partial charge on any atom is -0.337 e. The maximum Gasteiger partial charge on any atom is 0.254 e. The quantitative estimate of drug-likeness (QED) is 0.744. The first kappa shape index (κ1) is 8.92. The van der Waals surface area contributed by atoms with E-state index in [4.69, 9.17) is 5.73 Å². The van der Waals surface area contributed by atoms with Gasteiger partial charge in [0.2, 0.25) is 0 Å². The summed E-state index contributed by atoms with van der Waals surface area (Å²) in [5, 5.41) is 0. The molecular formula is C12H14N2O. The summed E-state index contributed by atoms with van der Waals surface area (Å²) in [5.74, 6) is 0.121. The number of nitrogens with two attached hydrogens (primary N) is 1. The fourth-order valence-corrected chi connectivity index (χ4v) is 2.18. The van der Waals surface area contributed by atoms with E-state index in [-0.39, 0.29) is 11.4 Å². The second-order valence-corrected chi connectivity index (χ2v) is 4.69. The number of carbonyl (C=O) groups excluding carboxylic acids is 1. The van der Waals surface area contributed by atoms with E-state index in [2.05, 4.69) is 6.07 Å². The summed E-state index contributed by atoms with van der Waals surface area (Å²) >= 11 is 0. The molecule has 3 heteroatoms. The third-order valence-corrected chi connectivity index (χ3v) is 3.46. The average Bonchev–Trinajstić information content (AvgIpc) is 2.90. The first-order chi connectivity index (χ1) is 7.10. The summed E-state index contributed by atoms with van der Waals surface area (Å²) in [6.45, 7) is 0.728. The standard InChI is InChI=1S/C12H14N2O/c1-14-7-8-2-3-9(12(13)4-5-12)6-10(8)11(14)15/h2-3,6H,4-5,7,13H2,1H3. The molecule has 0 unspecified atom stereocenters. The Hall–Kier alpha value is -1.35. The lowest BCUT2D eigenvalue weighted by molar-refractivity contribution is 0.0816. The molecule has 78 valence electrons. The maximum atomic E-state index is 11.8. The number of nitrogens with zero attached hydrogens (tertiary/aromatic N) is 1. The topological polar surface area (TPSA) is 46.3 Å². The van der Waals surface area contributed by atoms with E-state index in [0.717, 1.165) is 36.1 Å². The summed E-state index contributed by atoms with van der Waals surface area (Å²) < 4.78 is 0. The van der Waals surface area contributed by atoms with Crippen LogP contribution in [0.15, 0.2) is 18.2 Å². The number of hydrogen-bond acceptors (Lipinski definition) is 2. The largest absolute Gasteiger partial charge is 0.337 e. The van der Waals surface area contributed by atoms with Gasteiger partial charge in [-0.2, -0.15) is 0 Å². The van der Waals surface area contributed by atoms with E-state index >= 15 is 0 Å². The SMILES string of the molecule is CN1Cc2ccc(C3(N)CC3)cc2C1=O. The maximum absolute atomic E-state index is 11.8. The summed E-state index contributed by atoms with van der Waals surface area (Å²) in [6.07, 6.45) is 2.08. The molecule has 3 nitrogen and oxygen atoms in total. The predicted octanol–water partition coefficient (Wildman–Crippen LogP) is 1.22. The van der Waals surface area contributed by atoms with Crippen molar-refractivity contribution >= 4 is 5.91 Å². The van der Waals surface area contributed by atoms with Gasteiger partial charge in [-0.05, 0) is 30.0 Å². The van der Waals surface area contributed by atoms with Crippen LogP contribution in [0.5, 0.6) is 0 Å². The van der Waals surface area contributed by atoms with Gasteiger partial charge in [-0.25, -0.2) is 0 Å². The number of amides is 1. The van der Waals surface area contributed by atoms with Crippen molar-refractivity contribution in [2.75, 3.05) is 7.05 Å². The van der Waals surface area contributed by atoms with Crippen LogP contribution in [-0.4, -0.2) is 17.9 Å². The lowest BCUT2D eigenvalue weighted by atomic mass is 10.00. The van der Waals surface area contributed by atoms with Crippen molar-refractivity contribution in [3.05, 3.63) is 34.9 Å². The molecule has 1 aliphatic heterocycles. The molecule has 2 N–H and O–H groups in total. The Kier molecular flexibility index (Phi) is 1.55. The minimum absolute atomic E-state index is 0.121. The first-order valence-corrected chi connectivity index (χ1v) is 5.28. The van der Waals surface area contributed by atoms with Crippen molar-refractivity contribution < 1.29 is 4.79 Å². The molecule has 1 aromatic rings. The third-order valence-electron chi connectivity index (χ3n) is 3.46. The summed E-state index contributed by atoms with van der Waals surface area (Å²) in [7, 11) is 1.83. The van der Waals surface area contributed by atoms with Crippen molar-refractivity contribution in [1.29, 1.82) is 0 Å². The van der Waals surface area contributed by atoms with Gasteiger partial charge < -0.3 is 10.6 Å². The van der Waals surface area contributed by atoms with Crippen molar-refractivity contribution in [3.63, 3.8) is 0 Å². The zero-order valence-electron chi connectivity index (χ0n) is 8.79. The highest BCUT2D eigenvalue weighted by molar-refractivity contribution is 5.98. The number of rotatable bonds is 1. The number of benzene rings is 1. The molecule has 0 atom stereocenters. The second kappa shape index (κ2) is 2.61. The van der Waals surface area contributed by atoms with Crippen LogP contribution in [0.25, 0.3) is 0 Å². The van der Waals surface area contributed by atoms with E-state index < -0.39 is 0 Å². The van der Waals surface area contributed by atoms with Crippen LogP contribution >= 0.6 is 0 Å². The molecular weight excluding hydrogens is 188 g/mol. The van der Waals surface area contributed by atoms with Crippen molar-refractivity contribution in [2.24, 2.45) is 5.73 Å². The Bertz CT molecular complexity index is 449. The van der Waals surface area contributed by atoms with Gasteiger partial charge >= 0.3 is 0 Å². The monoisotopic (exact) mass is 202 g/mol. The van der Waals surface area contributed by atoms with Crippen LogP contribution in [-0.2, 0) is 12.1 Å². The molecule has 1 saturated carbocycles. The van der Waals surface area contributed by atoms with Crippen LogP contribution in [0.1, 0.15) is 34.3 Å². The van der Waals surface area contributed by atoms with E-state index in [1.807, 2.05) is 19.2 Å². The van der Waals surface area contributed by atoms with Gasteiger partial charge in [0, 0.05) is 24.7 Å². The summed E-state index contributed by atoms with van der Waals surface area (Å²) in [4.78, 5) is 13.5. The Morgan fingerprint density at radius 3 is 2.80 bits per heavy atom. The van der Waals surface area contributed by atoms with Crippen LogP contribution in [0.3, 0.4) is 0 Å². The van der Waals surface area contributed by atoms with Crippen LogP contribution in [0, 0.1) is 0 Å². The molecule has 0 saturated heterocycles. The summed E-state index contributed by atoms with van der Waals surface area (Å²) in [6, 6.07) is 6.09. The fraction of sp³-hybridized carbons (Fsp3) is 0.417. The van der Waals surface area contributed by atoms with E-state index in [9.17, 15) is 4.79 Å². The predicted molar refractivity (Wildman–Crippen MR) is 57.3 cm³/mol. The first-order valence-electron chi connectivity index (χ1n) is 5.28. The Morgan fingerprint density at radius 1 is 1.40 bits per heavy atom. The second-order valence-electron chi connectivity index (χ2n) is 4.69. The van der Waals surface area contributed by atoms with Gasteiger partial charge in [-0.3, -0.25) is 4.79 Å². The Morgan fingerprint density at radius 2 is 2.13 bits per heavy atom. The van der Waals surface area contributed by atoms with Gasteiger partial charge in [0.15, 0.2) is 0 Å². The highest BCUT2D eigenvalue weighted by atomic mass is 16.2. The van der Waals surface area contributed by atoms with Gasteiger partial charge in [-0.15, -0.1) is 0 Å². The minimum atomic E-state index is -0.142. The number of carbonyl (C=O) groups is 1. The molecule has 1 heterocycles. The zero-order valence-corrected chi connectivity index (χ0v) is 8.79. The normalized spacial score (nSPS) is 21.7. The number of hydrogen-bond donors (Lipinski definition) is 1. The molecule has 1 amide bonds. The highest BCUT2D eigenvalue weighted by Crippen LogP contribution is 2.43. The van der Waals surface area contributed by atoms with Crippen LogP contribution < -0.4 is 5.73 Å². The Labute approximate surface area is 88.9 Å². The zero-order chi connectivity index (χ0) is 10.6. The van der Waals surface area contributed by atoms with E-state index in [1.165, 1.54) is 0 Å². The van der Waals surface area contributed by atoms with Gasteiger partial charge in [-0.1, -0.05) is 12.1 Å². The molecule has 0 radical (unpaired) electrons. The van der Waals surface area contributed by atoms with Gasteiger partial charge in [0.1, 0.15) is 0 Å². The third kappa shape index (κ3) is 1.20. The van der Waals surface area contributed by atoms with Crippen molar-refractivity contribution in [3.8, 4) is 0 Å². The molecule has 0 aromatic heterocycles. The smallest absolute Gasteiger partial charge is 0.254 e. The molecule has 3 rings (SSSR count). The molecule has 1 aromatic carbocycles. The molecule has 0 bridgehead atoms. The fourth-order valence-electron chi connectivity index (χ4n) is 2.18. The van der Waals surface area contributed by atoms with E-state index in [0.29, 0.717) is 0 Å². The molecule has 1 aliphatic carbocycles. The van der Waals surface area contributed by atoms with Gasteiger partial charge in [0.25, 0.3) is 5.91 Å².